The number of aromatic carboxylic acids is 1. The lowest BCUT2D eigenvalue weighted by Crippen LogP contribution is -2.40. The van der Waals surface area contributed by atoms with E-state index in [4.69, 9.17) is 5.11 Å². The highest BCUT2D eigenvalue weighted by Crippen LogP contribution is 2.30. The van der Waals surface area contributed by atoms with Crippen LogP contribution in [-0.4, -0.2) is 23.7 Å². The number of carbonyl (C=O) groups is 1. The molecule has 0 aromatic heterocycles. The number of piperidine rings is 1. The number of hydrogen-bond donors (Lipinski definition) is 1. The lowest BCUT2D eigenvalue weighted by Gasteiger charge is -2.38. The van der Waals surface area contributed by atoms with Crippen LogP contribution < -0.4 is 4.90 Å². The molecule has 1 heterocycles. The van der Waals surface area contributed by atoms with Gasteiger partial charge in [0.2, 0.25) is 0 Å². The molecular weight excluding hydrogens is 252 g/mol. The second-order valence-corrected chi connectivity index (χ2v) is 5.28. The highest BCUT2D eigenvalue weighted by Gasteiger charge is 2.24. The standard InChI is InChI=1S/C16H20N2O2/c1-2-5-14-6-3-4-9-18(14)15-8-7-12(16(19)20)10-13(15)11-17/h7-8,10,14H,2-6,9H2,1H3,(H,19,20). The first-order valence-electron chi connectivity index (χ1n) is 7.21. The van der Waals surface area contributed by atoms with Crippen LogP contribution in [0.4, 0.5) is 5.69 Å². The van der Waals surface area contributed by atoms with E-state index >= 15 is 0 Å². The van der Waals surface area contributed by atoms with Crippen molar-refractivity contribution < 1.29 is 9.90 Å². The second-order valence-electron chi connectivity index (χ2n) is 5.28. The fourth-order valence-electron chi connectivity index (χ4n) is 2.96. The summed E-state index contributed by atoms with van der Waals surface area (Å²) < 4.78 is 0. The lowest BCUT2D eigenvalue weighted by molar-refractivity contribution is 0.0697. The Morgan fingerprint density at radius 3 is 2.95 bits per heavy atom. The zero-order chi connectivity index (χ0) is 14.5. The Hall–Kier alpha value is -2.02. The quantitative estimate of drug-likeness (QED) is 0.912. The maximum absolute atomic E-state index is 11.0. The van der Waals surface area contributed by atoms with Gasteiger partial charge in [0, 0.05) is 12.6 Å². The number of hydrogen-bond acceptors (Lipinski definition) is 3. The van der Waals surface area contributed by atoms with Crippen molar-refractivity contribution in [1.82, 2.24) is 0 Å². The van der Waals surface area contributed by atoms with E-state index in [-0.39, 0.29) is 5.56 Å². The number of rotatable bonds is 4. The van der Waals surface area contributed by atoms with Crippen molar-refractivity contribution >= 4 is 11.7 Å². The zero-order valence-corrected chi connectivity index (χ0v) is 11.8. The van der Waals surface area contributed by atoms with E-state index in [0.717, 1.165) is 37.9 Å². The highest BCUT2D eigenvalue weighted by atomic mass is 16.4. The maximum atomic E-state index is 11.0. The molecule has 0 amide bonds. The van der Waals surface area contributed by atoms with Crippen LogP contribution in [0.5, 0.6) is 0 Å². The number of carboxylic acids is 1. The number of nitrogens with zero attached hydrogens (tertiary/aromatic N) is 2. The van der Waals surface area contributed by atoms with Gasteiger partial charge in [0.05, 0.1) is 16.8 Å². The van der Waals surface area contributed by atoms with Crippen molar-refractivity contribution in [3.63, 3.8) is 0 Å². The van der Waals surface area contributed by atoms with Gasteiger partial charge in [-0.1, -0.05) is 13.3 Å². The first-order chi connectivity index (χ1) is 9.67. The molecule has 1 fully saturated rings. The molecule has 0 bridgehead atoms. The van der Waals surface area contributed by atoms with E-state index in [1.54, 1.807) is 12.1 Å². The molecule has 0 saturated carbocycles. The summed E-state index contributed by atoms with van der Waals surface area (Å²) in [4.78, 5) is 13.3. The Bertz CT molecular complexity index is 532. The molecule has 0 aliphatic carbocycles. The van der Waals surface area contributed by atoms with E-state index in [2.05, 4.69) is 17.9 Å². The van der Waals surface area contributed by atoms with Gasteiger partial charge in [-0.3, -0.25) is 0 Å². The van der Waals surface area contributed by atoms with E-state index < -0.39 is 5.97 Å². The van der Waals surface area contributed by atoms with Crippen molar-refractivity contribution in [2.45, 2.75) is 45.1 Å². The monoisotopic (exact) mass is 272 g/mol. The molecule has 1 atom stereocenters. The van der Waals surface area contributed by atoms with Crippen molar-refractivity contribution in [3.05, 3.63) is 29.3 Å². The smallest absolute Gasteiger partial charge is 0.335 e. The van der Waals surface area contributed by atoms with Gasteiger partial charge in [-0.05, 0) is 43.9 Å². The average molecular weight is 272 g/mol. The van der Waals surface area contributed by atoms with E-state index in [1.807, 2.05) is 0 Å². The minimum atomic E-state index is -0.989. The largest absolute Gasteiger partial charge is 0.478 e. The number of carboxylic acid groups (broad SMARTS) is 1. The summed E-state index contributed by atoms with van der Waals surface area (Å²) in [6.45, 7) is 3.12. The Kier molecular flexibility index (Phi) is 4.62. The molecule has 106 valence electrons. The van der Waals surface area contributed by atoms with Crippen LogP contribution in [0.15, 0.2) is 18.2 Å². The van der Waals surface area contributed by atoms with E-state index in [9.17, 15) is 10.1 Å². The number of anilines is 1. The summed E-state index contributed by atoms with van der Waals surface area (Å²) in [5.41, 5.74) is 1.53. The van der Waals surface area contributed by atoms with Crippen LogP contribution in [0.1, 0.15) is 54.9 Å². The third kappa shape index (κ3) is 2.93. The molecule has 1 aromatic carbocycles. The van der Waals surface area contributed by atoms with Gasteiger partial charge in [-0.25, -0.2) is 4.79 Å². The van der Waals surface area contributed by atoms with Crippen molar-refractivity contribution in [3.8, 4) is 6.07 Å². The van der Waals surface area contributed by atoms with Crippen LogP contribution in [0.25, 0.3) is 0 Å². The fourth-order valence-corrected chi connectivity index (χ4v) is 2.96. The predicted octanol–water partition coefficient (Wildman–Crippen LogP) is 3.42. The molecule has 1 aliphatic heterocycles. The molecule has 1 aromatic rings. The molecule has 1 N–H and O–H groups in total. The first kappa shape index (κ1) is 14.4. The average Bonchev–Trinajstić information content (AvgIpc) is 2.47. The summed E-state index contributed by atoms with van der Waals surface area (Å²) in [6.07, 6.45) is 5.75. The molecule has 4 heteroatoms. The van der Waals surface area contributed by atoms with Crippen LogP contribution in [0.3, 0.4) is 0 Å². The number of nitriles is 1. The van der Waals surface area contributed by atoms with E-state index in [0.29, 0.717) is 11.6 Å². The topological polar surface area (TPSA) is 64.3 Å². The molecule has 4 nitrogen and oxygen atoms in total. The third-order valence-corrected chi connectivity index (χ3v) is 3.92. The van der Waals surface area contributed by atoms with Gasteiger partial charge < -0.3 is 10.0 Å². The van der Waals surface area contributed by atoms with Gasteiger partial charge in [-0.15, -0.1) is 0 Å². The molecule has 0 spiro atoms. The first-order valence-corrected chi connectivity index (χ1v) is 7.21. The summed E-state index contributed by atoms with van der Waals surface area (Å²) in [5, 5.41) is 18.3. The minimum Gasteiger partial charge on any atom is -0.478 e. The SMILES string of the molecule is CCCC1CCCCN1c1ccc(C(=O)O)cc1C#N. The summed E-state index contributed by atoms with van der Waals surface area (Å²) in [5.74, 6) is -0.989. The van der Waals surface area contributed by atoms with Gasteiger partial charge >= 0.3 is 5.97 Å². The van der Waals surface area contributed by atoms with Crippen LogP contribution in [0, 0.1) is 11.3 Å². The fraction of sp³-hybridized carbons (Fsp3) is 0.500. The lowest BCUT2D eigenvalue weighted by atomic mass is 9.96. The Morgan fingerprint density at radius 2 is 2.30 bits per heavy atom. The highest BCUT2D eigenvalue weighted by molar-refractivity contribution is 5.89. The van der Waals surface area contributed by atoms with Crippen LogP contribution in [-0.2, 0) is 0 Å². The number of benzene rings is 1. The summed E-state index contributed by atoms with van der Waals surface area (Å²) in [7, 11) is 0. The predicted molar refractivity (Wildman–Crippen MR) is 78.0 cm³/mol. The van der Waals surface area contributed by atoms with Crippen molar-refractivity contribution in [2.75, 3.05) is 11.4 Å². The second kappa shape index (κ2) is 6.42. The van der Waals surface area contributed by atoms with Gasteiger partial charge in [0.1, 0.15) is 6.07 Å². The Balaban J connectivity index is 2.35. The molecule has 2 rings (SSSR count). The Labute approximate surface area is 119 Å². The third-order valence-electron chi connectivity index (χ3n) is 3.92. The van der Waals surface area contributed by atoms with Crippen molar-refractivity contribution in [1.29, 1.82) is 5.26 Å². The minimum absolute atomic E-state index is 0.175. The normalized spacial score (nSPS) is 18.6. The van der Waals surface area contributed by atoms with Gasteiger partial charge in [-0.2, -0.15) is 5.26 Å². The van der Waals surface area contributed by atoms with Crippen LogP contribution in [0.2, 0.25) is 0 Å². The maximum Gasteiger partial charge on any atom is 0.335 e. The van der Waals surface area contributed by atoms with Crippen molar-refractivity contribution in [2.24, 2.45) is 0 Å². The zero-order valence-electron chi connectivity index (χ0n) is 11.8. The Morgan fingerprint density at radius 1 is 1.50 bits per heavy atom. The van der Waals surface area contributed by atoms with Gasteiger partial charge in [0.15, 0.2) is 0 Å². The molecule has 1 saturated heterocycles. The summed E-state index contributed by atoms with van der Waals surface area (Å²) in [6, 6.07) is 7.48. The van der Waals surface area contributed by atoms with Gasteiger partial charge in [0.25, 0.3) is 0 Å². The molecule has 1 unspecified atom stereocenters. The molecule has 20 heavy (non-hydrogen) atoms. The van der Waals surface area contributed by atoms with E-state index in [1.165, 1.54) is 12.5 Å². The molecule has 0 radical (unpaired) electrons. The summed E-state index contributed by atoms with van der Waals surface area (Å²) >= 11 is 0. The molecular formula is C16H20N2O2. The molecule has 1 aliphatic rings. The van der Waals surface area contributed by atoms with Crippen LogP contribution >= 0.6 is 0 Å².